The zero-order valence-electron chi connectivity index (χ0n) is 8.41. The minimum Gasteiger partial charge on any atom is -0.394 e. The smallest absolute Gasteiger partial charge is 0.228 e. The van der Waals surface area contributed by atoms with Crippen molar-refractivity contribution in [3.8, 4) is 0 Å². The normalized spacial score (nSPS) is 28.6. The van der Waals surface area contributed by atoms with E-state index < -0.39 is 0 Å². The lowest BCUT2D eigenvalue weighted by Gasteiger charge is -2.39. The zero-order valence-corrected chi connectivity index (χ0v) is 8.41. The highest BCUT2D eigenvalue weighted by molar-refractivity contribution is 5.80. The number of amides is 1. The molecule has 2 fully saturated rings. The van der Waals surface area contributed by atoms with Gasteiger partial charge in [0.05, 0.1) is 18.6 Å². The first-order valence-electron chi connectivity index (χ1n) is 5.45. The van der Waals surface area contributed by atoms with Gasteiger partial charge >= 0.3 is 0 Å². The Morgan fingerprint density at radius 2 is 2.21 bits per heavy atom. The van der Waals surface area contributed by atoms with Crippen molar-refractivity contribution < 1.29 is 9.90 Å². The Morgan fingerprint density at radius 1 is 1.43 bits per heavy atom. The first-order valence-corrected chi connectivity index (χ1v) is 5.45. The minimum atomic E-state index is 0.0804. The summed E-state index contributed by atoms with van der Waals surface area (Å²) in [6.45, 7) is 2.58. The maximum absolute atomic E-state index is 11.9. The van der Waals surface area contributed by atoms with Gasteiger partial charge < -0.3 is 15.3 Å². The molecule has 0 aromatic carbocycles. The van der Waals surface area contributed by atoms with Crippen molar-refractivity contribution in [2.75, 3.05) is 26.2 Å². The number of aliphatic hydroxyl groups excluding tert-OH is 1. The molecule has 1 amide bonds. The molecule has 0 aromatic rings. The van der Waals surface area contributed by atoms with Crippen LogP contribution < -0.4 is 5.32 Å². The molecule has 80 valence electrons. The molecule has 0 radical (unpaired) electrons. The summed E-state index contributed by atoms with van der Waals surface area (Å²) >= 11 is 0. The van der Waals surface area contributed by atoms with Gasteiger partial charge in [0.15, 0.2) is 0 Å². The van der Waals surface area contributed by atoms with E-state index in [1.807, 2.05) is 4.90 Å². The molecule has 4 heteroatoms. The van der Waals surface area contributed by atoms with Crippen LogP contribution in [-0.4, -0.2) is 48.2 Å². The summed E-state index contributed by atoms with van der Waals surface area (Å²) < 4.78 is 0. The van der Waals surface area contributed by atoms with Crippen LogP contribution in [0, 0.1) is 5.92 Å². The molecule has 0 saturated carbocycles. The Bertz CT molecular complexity index is 216. The summed E-state index contributed by atoms with van der Waals surface area (Å²) in [5, 5.41) is 12.3. The highest BCUT2D eigenvalue weighted by Gasteiger charge is 2.33. The Labute approximate surface area is 84.3 Å². The number of hydrogen-bond acceptors (Lipinski definition) is 3. The van der Waals surface area contributed by atoms with E-state index in [2.05, 4.69) is 5.32 Å². The third-order valence-corrected chi connectivity index (χ3v) is 3.25. The largest absolute Gasteiger partial charge is 0.394 e. The van der Waals surface area contributed by atoms with Crippen LogP contribution in [0.5, 0.6) is 0 Å². The molecule has 14 heavy (non-hydrogen) atoms. The molecule has 2 aliphatic heterocycles. The van der Waals surface area contributed by atoms with Crippen molar-refractivity contribution in [2.24, 2.45) is 5.92 Å². The van der Waals surface area contributed by atoms with Gasteiger partial charge in [0.25, 0.3) is 0 Å². The second-order valence-electron chi connectivity index (χ2n) is 4.22. The lowest BCUT2D eigenvalue weighted by Crippen LogP contribution is -2.56. The SMILES string of the molecule is O=C(C1CNC1)N1CCCCC1CO. The minimum absolute atomic E-state index is 0.0804. The number of nitrogens with zero attached hydrogens (tertiary/aromatic N) is 1. The number of piperidine rings is 1. The van der Waals surface area contributed by atoms with Crippen LogP contribution in [0.2, 0.25) is 0 Å². The van der Waals surface area contributed by atoms with E-state index in [-0.39, 0.29) is 24.5 Å². The van der Waals surface area contributed by atoms with E-state index >= 15 is 0 Å². The number of carbonyl (C=O) groups excluding carboxylic acids is 1. The Balaban J connectivity index is 1.95. The number of aliphatic hydroxyl groups is 1. The fourth-order valence-electron chi connectivity index (χ4n) is 2.18. The highest BCUT2D eigenvalue weighted by Crippen LogP contribution is 2.20. The van der Waals surface area contributed by atoms with Gasteiger partial charge in [-0.25, -0.2) is 0 Å². The van der Waals surface area contributed by atoms with Crippen molar-refractivity contribution in [3.05, 3.63) is 0 Å². The summed E-state index contributed by atoms with van der Waals surface area (Å²) in [7, 11) is 0. The van der Waals surface area contributed by atoms with Crippen molar-refractivity contribution in [2.45, 2.75) is 25.3 Å². The maximum Gasteiger partial charge on any atom is 0.228 e. The van der Waals surface area contributed by atoms with Gasteiger partial charge in [0.2, 0.25) is 5.91 Å². The summed E-state index contributed by atoms with van der Waals surface area (Å²) in [5.41, 5.74) is 0. The second kappa shape index (κ2) is 4.28. The molecule has 2 heterocycles. The molecule has 0 aromatic heterocycles. The average Bonchev–Trinajstić information content (AvgIpc) is 2.15. The maximum atomic E-state index is 11.9. The molecule has 2 N–H and O–H groups in total. The number of likely N-dealkylation sites (tertiary alicyclic amines) is 1. The number of hydrogen-bond donors (Lipinski definition) is 2. The Kier molecular flexibility index (Phi) is 3.03. The molecule has 4 nitrogen and oxygen atoms in total. The quantitative estimate of drug-likeness (QED) is 0.633. The molecule has 2 saturated heterocycles. The second-order valence-corrected chi connectivity index (χ2v) is 4.22. The monoisotopic (exact) mass is 198 g/mol. The van der Waals surface area contributed by atoms with Gasteiger partial charge in [-0.05, 0) is 19.3 Å². The summed E-state index contributed by atoms with van der Waals surface area (Å²) in [4.78, 5) is 13.8. The molecule has 2 aliphatic rings. The van der Waals surface area contributed by atoms with Gasteiger partial charge in [-0.3, -0.25) is 4.79 Å². The lowest BCUT2D eigenvalue weighted by atomic mass is 9.96. The predicted octanol–water partition coefficient (Wildman–Crippen LogP) is -0.421. The van der Waals surface area contributed by atoms with Crippen LogP contribution in [0.4, 0.5) is 0 Å². The third kappa shape index (κ3) is 1.77. The van der Waals surface area contributed by atoms with Crippen LogP contribution in [0.1, 0.15) is 19.3 Å². The number of carbonyl (C=O) groups is 1. The van der Waals surface area contributed by atoms with E-state index in [1.165, 1.54) is 0 Å². The van der Waals surface area contributed by atoms with E-state index in [0.29, 0.717) is 0 Å². The first kappa shape index (κ1) is 9.93. The third-order valence-electron chi connectivity index (χ3n) is 3.25. The summed E-state index contributed by atoms with van der Waals surface area (Å²) in [6.07, 6.45) is 3.18. The van der Waals surface area contributed by atoms with Crippen molar-refractivity contribution >= 4 is 5.91 Å². The van der Waals surface area contributed by atoms with Crippen LogP contribution in [0.25, 0.3) is 0 Å². The average molecular weight is 198 g/mol. The van der Waals surface area contributed by atoms with E-state index in [4.69, 9.17) is 0 Å². The Morgan fingerprint density at radius 3 is 2.79 bits per heavy atom. The molecule has 2 rings (SSSR count). The van der Waals surface area contributed by atoms with E-state index in [1.54, 1.807) is 0 Å². The molecule has 1 unspecified atom stereocenters. The van der Waals surface area contributed by atoms with Gasteiger partial charge in [0, 0.05) is 19.6 Å². The fourth-order valence-corrected chi connectivity index (χ4v) is 2.18. The van der Waals surface area contributed by atoms with Crippen LogP contribution in [-0.2, 0) is 4.79 Å². The topological polar surface area (TPSA) is 52.6 Å². The summed E-state index contributed by atoms with van der Waals surface area (Å²) in [5.74, 6) is 0.407. The number of rotatable bonds is 2. The van der Waals surface area contributed by atoms with Crippen molar-refractivity contribution in [1.82, 2.24) is 10.2 Å². The number of nitrogens with one attached hydrogen (secondary N) is 1. The molecular weight excluding hydrogens is 180 g/mol. The highest BCUT2D eigenvalue weighted by atomic mass is 16.3. The Hall–Kier alpha value is -0.610. The lowest BCUT2D eigenvalue weighted by molar-refractivity contribution is -0.141. The van der Waals surface area contributed by atoms with E-state index in [9.17, 15) is 9.90 Å². The predicted molar refractivity (Wildman–Crippen MR) is 52.8 cm³/mol. The molecule has 0 spiro atoms. The fraction of sp³-hybridized carbons (Fsp3) is 0.900. The molecule has 0 aliphatic carbocycles. The van der Waals surface area contributed by atoms with Gasteiger partial charge in [0.1, 0.15) is 0 Å². The molecular formula is C10H18N2O2. The van der Waals surface area contributed by atoms with Crippen LogP contribution in [0.3, 0.4) is 0 Å². The first-order chi connectivity index (χ1) is 6.83. The van der Waals surface area contributed by atoms with Gasteiger partial charge in [-0.1, -0.05) is 0 Å². The van der Waals surface area contributed by atoms with Gasteiger partial charge in [-0.2, -0.15) is 0 Å². The van der Waals surface area contributed by atoms with Crippen molar-refractivity contribution in [3.63, 3.8) is 0 Å². The zero-order chi connectivity index (χ0) is 9.97. The standard InChI is InChI=1S/C10H18N2O2/c13-7-9-3-1-2-4-12(9)10(14)8-5-11-6-8/h8-9,11,13H,1-7H2. The van der Waals surface area contributed by atoms with E-state index in [0.717, 1.165) is 38.9 Å². The van der Waals surface area contributed by atoms with Gasteiger partial charge in [-0.15, -0.1) is 0 Å². The van der Waals surface area contributed by atoms with Crippen molar-refractivity contribution in [1.29, 1.82) is 0 Å². The van der Waals surface area contributed by atoms with Crippen LogP contribution >= 0.6 is 0 Å². The molecule has 1 atom stereocenters. The van der Waals surface area contributed by atoms with Crippen LogP contribution in [0.15, 0.2) is 0 Å². The molecule has 0 bridgehead atoms. The summed E-state index contributed by atoms with van der Waals surface area (Å²) in [6, 6.07) is 0.0804.